The third-order valence-electron chi connectivity index (χ3n) is 6.93. The maximum absolute atomic E-state index is 13.0. The number of hydrogen-bond donors (Lipinski definition) is 2. The van der Waals surface area contributed by atoms with Crippen molar-refractivity contribution in [3.05, 3.63) is 52.0 Å². The predicted octanol–water partition coefficient (Wildman–Crippen LogP) is 6.12. The number of carbonyl (C=O) groups excluding carboxylic acids is 1. The van der Waals surface area contributed by atoms with Crippen LogP contribution in [0.15, 0.2) is 51.6 Å². The second kappa shape index (κ2) is 10.9. The third-order valence-corrected chi connectivity index (χ3v) is 8.72. The van der Waals surface area contributed by atoms with Crippen LogP contribution in [-0.2, 0) is 0 Å². The van der Waals surface area contributed by atoms with Crippen molar-refractivity contribution in [2.24, 2.45) is 5.41 Å². The number of furan rings is 1. The van der Waals surface area contributed by atoms with Crippen LogP contribution in [0.25, 0.3) is 33.0 Å². The molecule has 1 aliphatic rings. The Bertz CT molecular complexity index is 1400. The lowest BCUT2D eigenvalue weighted by Crippen LogP contribution is -2.59. The van der Waals surface area contributed by atoms with Crippen molar-refractivity contribution in [3.63, 3.8) is 0 Å². The van der Waals surface area contributed by atoms with E-state index >= 15 is 0 Å². The van der Waals surface area contributed by atoms with Crippen molar-refractivity contribution >= 4 is 45.6 Å². The highest BCUT2D eigenvalue weighted by Gasteiger charge is 2.37. The number of thiazole rings is 1. The van der Waals surface area contributed by atoms with Gasteiger partial charge in [0.25, 0.3) is 5.91 Å². The van der Waals surface area contributed by atoms with E-state index < -0.39 is 6.09 Å². The van der Waals surface area contributed by atoms with E-state index in [9.17, 15) is 14.7 Å². The average molecular weight is 553 g/mol. The summed E-state index contributed by atoms with van der Waals surface area (Å²) in [6.45, 7) is 9.53. The zero-order valence-corrected chi connectivity index (χ0v) is 23.4. The molecule has 5 rings (SSSR count). The number of thiophene rings is 1. The SMILES string of the molecule is CC(C)(C)C1CN(CCCNC(=O)c2sccc2-c2nc(-c3cc4ccccc4o3)cs2)CCN1C(=O)O. The highest BCUT2D eigenvalue weighted by Crippen LogP contribution is 2.35. The molecule has 0 aliphatic carbocycles. The molecule has 4 heterocycles. The number of fused-ring (bicyclic) bond motifs is 1. The molecule has 2 amide bonds. The topological polar surface area (TPSA) is 98.9 Å². The van der Waals surface area contributed by atoms with Gasteiger partial charge in [-0.3, -0.25) is 9.69 Å². The molecule has 8 nitrogen and oxygen atoms in total. The molecule has 0 bridgehead atoms. The summed E-state index contributed by atoms with van der Waals surface area (Å²) < 4.78 is 5.95. The van der Waals surface area contributed by atoms with Gasteiger partial charge in [0.05, 0.1) is 6.04 Å². The van der Waals surface area contributed by atoms with Crippen molar-refractivity contribution in [2.45, 2.75) is 33.2 Å². The fourth-order valence-electron chi connectivity index (χ4n) is 4.87. The normalized spacial score (nSPS) is 16.7. The van der Waals surface area contributed by atoms with Crippen LogP contribution < -0.4 is 5.32 Å². The van der Waals surface area contributed by atoms with E-state index in [4.69, 9.17) is 9.40 Å². The van der Waals surface area contributed by atoms with Crippen LogP contribution >= 0.6 is 22.7 Å². The van der Waals surface area contributed by atoms with Crippen molar-refractivity contribution in [3.8, 4) is 22.0 Å². The van der Waals surface area contributed by atoms with Crippen LogP contribution in [0.3, 0.4) is 0 Å². The van der Waals surface area contributed by atoms with Crippen LogP contribution in [0.2, 0.25) is 0 Å². The maximum atomic E-state index is 13.0. The van der Waals surface area contributed by atoms with E-state index in [1.54, 1.807) is 4.90 Å². The first-order chi connectivity index (χ1) is 18.2. The molecule has 0 spiro atoms. The third kappa shape index (κ3) is 5.62. The Morgan fingerprint density at radius 2 is 2.00 bits per heavy atom. The number of nitrogens with one attached hydrogen (secondary N) is 1. The van der Waals surface area contributed by atoms with Crippen molar-refractivity contribution in [1.29, 1.82) is 0 Å². The van der Waals surface area contributed by atoms with Crippen LogP contribution in [0.5, 0.6) is 0 Å². The summed E-state index contributed by atoms with van der Waals surface area (Å²) in [4.78, 5) is 34.0. The Morgan fingerprint density at radius 1 is 1.18 bits per heavy atom. The Kier molecular flexibility index (Phi) is 7.56. The maximum Gasteiger partial charge on any atom is 0.407 e. The average Bonchev–Trinajstić information content (AvgIpc) is 3.64. The van der Waals surface area contributed by atoms with E-state index in [0.29, 0.717) is 36.8 Å². The molecule has 1 saturated heterocycles. The monoisotopic (exact) mass is 552 g/mol. The van der Waals surface area contributed by atoms with Gasteiger partial charge in [-0.1, -0.05) is 39.0 Å². The van der Waals surface area contributed by atoms with Gasteiger partial charge in [-0.15, -0.1) is 22.7 Å². The van der Waals surface area contributed by atoms with Crippen LogP contribution in [0, 0.1) is 5.41 Å². The molecule has 0 radical (unpaired) electrons. The first-order valence-electron chi connectivity index (χ1n) is 12.7. The molecule has 200 valence electrons. The molecule has 1 fully saturated rings. The molecule has 4 aromatic rings. The summed E-state index contributed by atoms with van der Waals surface area (Å²) in [7, 11) is 0. The van der Waals surface area contributed by atoms with Crippen LogP contribution in [-0.4, -0.2) is 70.7 Å². The van der Waals surface area contributed by atoms with Gasteiger partial charge in [-0.25, -0.2) is 9.78 Å². The highest BCUT2D eigenvalue weighted by atomic mass is 32.1. The summed E-state index contributed by atoms with van der Waals surface area (Å²) in [6, 6.07) is 11.7. The Balaban J connectivity index is 1.17. The first kappa shape index (κ1) is 26.4. The molecule has 2 N–H and O–H groups in total. The van der Waals surface area contributed by atoms with E-state index in [0.717, 1.165) is 40.2 Å². The highest BCUT2D eigenvalue weighted by molar-refractivity contribution is 7.15. The number of para-hydroxylation sites is 1. The van der Waals surface area contributed by atoms with Gasteiger partial charge in [0.1, 0.15) is 21.2 Å². The number of amides is 2. The molecule has 3 aromatic heterocycles. The zero-order chi connectivity index (χ0) is 26.9. The number of carboxylic acid groups (broad SMARTS) is 1. The van der Waals surface area contributed by atoms with E-state index in [-0.39, 0.29) is 17.4 Å². The Morgan fingerprint density at radius 3 is 2.76 bits per heavy atom. The van der Waals surface area contributed by atoms with Gasteiger partial charge >= 0.3 is 6.09 Å². The lowest BCUT2D eigenvalue weighted by molar-refractivity contribution is 0.0214. The number of piperazine rings is 1. The lowest BCUT2D eigenvalue weighted by Gasteiger charge is -2.46. The fourth-order valence-corrected chi connectivity index (χ4v) is 6.59. The fraction of sp³-hybridized carbons (Fsp3) is 0.393. The molecular formula is C28H32N4O4S2. The number of carbonyl (C=O) groups is 2. The quantitative estimate of drug-likeness (QED) is 0.268. The van der Waals surface area contributed by atoms with Gasteiger partial charge in [0.15, 0.2) is 5.76 Å². The summed E-state index contributed by atoms with van der Waals surface area (Å²) in [6.07, 6.45) is -0.0577. The summed E-state index contributed by atoms with van der Waals surface area (Å²) >= 11 is 2.91. The molecule has 1 aromatic carbocycles. The Labute approximate surface area is 229 Å². The van der Waals surface area contributed by atoms with Crippen LogP contribution in [0.4, 0.5) is 4.79 Å². The van der Waals surface area contributed by atoms with E-state index in [2.05, 4.69) is 31.0 Å². The lowest BCUT2D eigenvalue weighted by atomic mass is 9.84. The predicted molar refractivity (Wildman–Crippen MR) is 152 cm³/mol. The number of benzene rings is 1. The van der Waals surface area contributed by atoms with E-state index in [1.165, 1.54) is 22.7 Å². The second-order valence-electron chi connectivity index (χ2n) is 10.6. The van der Waals surface area contributed by atoms with Gasteiger partial charge in [-0.2, -0.15) is 0 Å². The van der Waals surface area contributed by atoms with Gasteiger partial charge in [0.2, 0.25) is 0 Å². The van der Waals surface area contributed by atoms with Crippen molar-refractivity contribution < 1.29 is 19.1 Å². The molecule has 10 heteroatoms. The molecule has 0 saturated carbocycles. The minimum absolute atomic E-state index is 0.0558. The molecule has 1 aliphatic heterocycles. The first-order valence-corrected chi connectivity index (χ1v) is 14.5. The number of hydrogen-bond acceptors (Lipinski definition) is 7. The second-order valence-corrected chi connectivity index (χ2v) is 12.4. The van der Waals surface area contributed by atoms with Crippen molar-refractivity contribution in [2.75, 3.05) is 32.7 Å². The van der Waals surface area contributed by atoms with E-state index in [1.807, 2.05) is 47.2 Å². The van der Waals surface area contributed by atoms with Gasteiger partial charge in [-0.05, 0) is 42.0 Å². The Hall–Kier alpha value is -3.21. The molecule has 1 atom stereocenters. The molecule has 1 unspecified atom stereocenters. The molecular weight excluding hydrogens is 520 g/mol. The minimum atomic E-state index is -0.853. The van der Waals surface area contributed by atoms with Crippen molar-refractivity contribution in [1.82, 2.24) is 20.1 Å². The van der Waals surface area contributed by atoms with Gasteiger partial charge < -0.3 is 19.7 Å². The largest absolute Gasteiger partial charge is 0.465 e. The standard InChI is InChI=1S/C28H32N4O4S2/c1-28(2,3)23-16-31(12-13-32(23)27(34)35)11-6-10-29-25(33)24-19(9-14-37-24)26-30-20(17-38-26)22-15-18-7-4-5-8-21(18)36-22/h4-5,7-9,14-15,17,23H,6,10-13,16H2,1-3H3,(H,29,33)(H,34,35). The van der Waals surface area contributed by atoms with Gasteiger partial charge in [0, 0.05) is 42.5 Å². The summed E-state index contributed by atoms with van der Waals surface area (Å²) in [5.41, 5.74) is 2.28. The number of aromatic nitrogens is 1. The minimum Gasteiger partial charge on any atom is -0.465 e. The summed E-state index contributed by atoms with van der Waals surface area (Å²) in [5, 5.41) is 18.3. The number of rotatable bonds is 7. The number of nitrogens with zero attached hydrogens (tertiary/aromatic N) is 3. The van der Waals surface area contributed by atoms with Crippen LogP contribution in [0.1, 0.15) is 36.9 Å². The smallest absolute Gasteiger partial charge is 0.407 e. The summed E-state index contributed by atoms with van der Waals surface area (Å²) in [5.74, 6) is 0.617. The molecule has 38 heavy (non-hydrogen) atoms. The zero-order valence-electron chi connectivity index (χ0n) is 21.8.